The van der Waals surface area contributed by atoms with Crippen molar-refractivity contribution in [2.45, 2.75) is 49.5 Å². The molecule has 0 bridgehead atoms. The van der Waals surface area contributed by atoms with Gasteiger partial charge < -0.3 is 4.90 Å². The Balaban J connectivity index is 1.60. The zero-order chi connectivity index (χ0) is 16.2. The lowest BCUT2D eigenvalue weighted by Crippen LogP contribution is -2.53. The molecule has 0 aromatic carbocycles. The lowest BCUT2D eigenvalue weighted by Gasteiger charge is -2.31. The molecule has 124 valence electrons. The molecule has 4 rings (SSSR count). The Kier molecular flexibility index (Phi) is 2.97. The Morgan fingerprint density at radius 3 is 2.57 bits per heavy atom. The van der Waals surface area contributed by atoms with Gasteiger partial charge in [0.1, 0.15) is 5.92 Å². The Morgan fingerprint density at radius 2 is 2.04 bits per heavy atom. The van der Waals surface area contributed by atoms with E-state index in [2.05, 4.69) is 30.9 Å². The maximum atomic E-state index is 13.3. The number of alkyl halides is 3. The minimum absolute atomic E-state index is 0.0660. The molecule has 3 aliphatic rings. The predicted molar refractivity (Wildman–Crippen MR) is 68.0 cm³/mol. The number of H-pyrrole nitrogens is 1. The van der Waals surface area contributed by atoms with E-state index in [9.17, 15) is 18.0 Å². The zero-order valence-corrected chi connectivity index (χ0v) is 12.0. The van der Waals surface area contributed by atoms with Gasteiger partial charge in [-0.05, 0) is 31.6 Å². The summed E-state index contributed by atoms with van der Waals surface area (Å²) < 4.78 is 39.8. The number of aromatic nitrogens is 4. The summed E-state index contributed by atoms with van der Waals surface area (Å²) in [6.07, 6.45) is -2.17. The van der Waals surface area contributed by atoms with E-state index in [0.29, 0.717) is 6.42 Å². The third kappa shape index (κ3) is 2.20. The summed E-state index contributed by atoms with van der Waals surface area (Å²) >= 11 is 0. The van der Waals surface area contributed by atoms with Crippen LogP contribution < -0.4 is 0 Å². The third-order valence-electron chi connectivity index (χ3n) is 4.73. The van der Waals surface area contributed by atoms with E-state index >= 15 is 0 Å². The number of nitrogens with one attached hydrogen (secondary N) is 1. The molecule has 8 nitrogen and oxygen atoms in total. The molecule has 2 fully saturated rings. The number of carbonyl (C=O) groups is 1. The quantitative estimate of drug-likeness (QED) is 0.902. The van der Waals surface area contributed by atoms with Gasteiger partial charge in [-0.3, -0.25) is 4.79 Å². The van der Waals surface area contributed by atoms with Crippen molar-refractivity contribution in [3.8, 4) is 0 Å². The number of likely N-dealkylation sites (tertiary alicyclic amines) is 1. The lowest BCUT2D eigenvalue weighted by molar-refractivity contribution is -0.179. The van der Waals surface area contributed by atoms with Crippen molar-refractivity contribution < 1.29 is 18.0 Å². The number of carbonyl (C=O) groups excluding carboxylic acids is 1. The largest absolute Gasteiger partial charge is 0.439 e. The van der Waals surface area contributed by atoms with Crippen LogP contribution in [0.15, 0.2) is 10.2 Å². The molecule has 23 heavy (non-hydrogen) atoms. The summed E-state index contributed by atoms with van der Waals surface area (Å²) in [7, 11) is 0. The minimum Gasteiger partial charge on any atom is -0.334 e. The van der Waals surface area contributed by atoms with Crippen molar-refractivity contribution in [3.05, 3.63) is 5.82 Å². The van der Waals surface area contributed by atoms with Crippen LogP contribution in [0, 0.1) is 5.92 Å². The highest BCUT2D eigenvalue weighted by Gasteiger charge is 2.70. The number of halogens is 3. The van der Waals surface area contributed by atoms with Gasteiger partial charge in [-0.15, -0.1) is 20.4 Å². The van der Waals surface area contributed by atoms with E-state index < -0.39 is 23.8 Å². The van der Waals surface area contributed by atoms with Crippen LogP contribution in [0.1, 0.15) is 37.4 Å². The van der Waals surface area contributed by atoms with Gasteiger partial charge in [-0.1, -0.05) is 5.21 Å². The van der Waals surface area contributed by atoms with Gasteiger partial charge in [0.05, 0.1) is 6.04 Å². The Labute approximate surface area is 128 Å². The topological polar surface area (TPSA) is 99.5 Å². The molecular formula is C12H14F3N7O. The first-order valence-electron chi connectivity index (χ1n) is 7.48. The number of hydrogen-bond donors (Lipinski definition) is 1. The number of amides is 1. The van der Waals surface area contributed by atoms with Gasteiger partial charge in [-0.2, -0.15) is 18.4 Å². The van der Waals surface area contributed by atoms with Crippen LogP contribution in [0.3, 0.4) is 0 Å². The average Bonchev–Trinajstić information content (AvgIpc) is 3.38. The Bertz CT molecular complexity index is 634. The van der Waals surface area contributed by atoms with Gasteiger partial charge >= 0.3 is 11.8 Å². The molecule has 11 heteroatoms. The van der Waals surface area contributed by atoms with E-state index in [4.69, 9.17) is 0 Å². The number of tetrazole rings is 1. The highest BCUT2D eigenvalue weighted by Crippen LogP contribution is 2.52. The lowest BCUT2D eigenvalue weighted by atomic mass is 9.97. The van der Waals surface area contributed by atoms with Crippen molar-refractivity contribution in [2.75, 3.05) is 6.54 Å². The number of aromatic amines is 1. The maximum Gasteiger partial charge on any atom is 0.439 e. The number of nitrogens with zero attached hydrogens (tertiary/aromatic N) is 6. The van der Waals surface area contributed by atoms with E-state index in [-0.39, 0.29) is 30.6 Å². The van der Waals surface area contributed by atoms with Crippen molar-refractivity contribution in [2.24, 2.45) is 16.1 Å². The molecule has 1 saturated carbocycles. The van der Waals surface area contributed by atoms with Gasteiger partial charge in [0.15, 0.2) is 5.82 Å². The molecule has 3 heterocycles. The fourth-order valence-corrected chi connectivity index (χ4v) is 3.37. The highest BCUT2D eigenvalue weighted by molar-refractivity contribution is 5.84. The molecule has 2 atom stereocenters. The molecule has 0 spiro atoms. The van der Waals surface area contributed by atoms with Crippen molar-refractivity contribution in [1.29, 1.82) is 0 Å². The predicted octanol–water partition coefficient (Wildman–Crippen LogP) is 1.41. The maximum absolute atomic E-state index is 13.3. The van der Waals surface area contributed by atoms with E-state index in [1.807, 2.05) is 0 Å². The molecular weight excluding hydrogens is 315 g/mol. The first-order chi connectivity index (χ1) is 10.9. The van der Waals surface area contributed by atoms with Crippen LogP contribution in [0.5, 0.6) is 0 Å². The van der Waals surface area contributed by atoms with Crippen LogP contribution in [-0.2, 0) is 4.79 Å². The highest BCUT2D eigenvalue weighted by atomic mass is 19.4. The van der Waals surface area contributed by atoms with Crippen LogP contribution in [0.25, 0.3) is 0 Å². The minimum atomic E-state index is -4.58. The fraction of sp³-hybridized carbons (Fsp3) is 0.833. The van der Waals surface area contributed by atoms with Crippen LogP contribution >= 0.6 is 0 Å². The van der Waals surface area contributed by atoms with Crippen molar-refractivity contribution in [1.82, 2.24) is 25.5 Å². The second-order valence-electron chi connectivity index (χ2n) is 6.20. The molecule has 1 aliphatic carbocycles. The summed E-state index contributed by atoms with van der Waals surface area (Å²) in [5.74, 6) is -0.708. The molecule has 1 aromatic rings. The number of hydrogen-bond acceptors (Lipinski definition) is 6. The fourth-order valence-electron chi connectivity index (χ4n) is 3.37. The van der Waals surface area contributed by atoms with E-state index in [1.165, 1.54) is 4.90 Å². The van der Waals surface area contributed by atoms with Gasteiger partial charge in [-0.25, -0.2) is 0 Å². The van der Waals surface area contributed by atoms with Gasteiger partial charge in [0.25, 0.3) is 0 Å². The molecule has 1 saturated heterocycles. The Hall–Kier alpha value is -2.07. The number of rotatable bonds is 4. The second-order valence-corrected chi connectivity index (χ2v) is 6.20. The summed E-state index contributed by atoms with van der Waals surface area (Å²) in [6, 6.07) is -1.07. The Morgan fingerprint density at radius 1 is 1.30 bits per heavy atom. The van der Waals surface area contributed by atoms with Crippen LogP contribution in [0.2, 0.25) is 0 Å². The van der Waals surface area contributed by atoms with Gasteiger partial charge in [0.2, 0.25) is 5.91 Å². The zero-order valence-electron chi connectivity index (χ0n) is 12.0. The smallest absolute Gasteiger partial charge is 0.334 e. The summed E-state index contributed by atoms with van der Waals surface area (Å²) in [5.41, 5.74) is -2.44. The van der Waals surface area contributed by atoms with E-state index in [0.717, 1.165) is 12.8 Å². The first kappa shape index (κ1) is 14.5. The normalized spacial score (nSPS) is 27.3. The van der Waals surface area contributed by atoms with Crippen LogP contribution in [-0.4, -0.2) is 55.9 Å². The second kappa shape index (κ2) is 4.71. The third-order valence-corrected chi connectivity index (χ3v) is 4.73. The SMILES string of the molecule is O=C(C(c1nn[nH]n1)C1CC1)N1CCCC1C1(C(F)(F)F)N=N1. The average molecular weight is 329 g/mol. The van der Waals surface area contributed by atoms with Gasteiger partial charge in [0, 0.05) is 6.54 Å². The summed E-state index contributed by atoms with van der Waals surface area (Å²) in [5, 5.41) is 20.0. The molecule has 1 amide bonds. The van der Waals surface area contributed by atoms with E-state index in [1.54, 1.807) is 0 Å². The van der Waals surface area contributed by atoms with Crippen molar-refractivity contribution in [3.63, 3.8) is 0 Å². The molecule has 1 aromatic heterocycles. The van der Waals surface area contributed by atoms with Crippen molar-refractivity contribution >= 4 is 5.91 Å². The summed E-state index contributed by atoms with van der Waals surface area (Å²) in [6.45, 7) is 0.271. The summed E-state index contributed by atoms with van der Waals surface area (Å²) in [4.78, 5) is 14.2. The molecule has 1 N–H and O–H groups in total. The molecule has 2 aliphatic heterocycles. The monoisotopic (exact) mass is 329 g/mol. The van der Waals surface area contributed by atoms with Crippen LogP contribution in [0.4, 0.5) is 13.2 Å². The standard InChI is InChI=1S/C12H14F3N7O/c13-12(14,15)11(18-19-11)7-2-1-5-22(7)10(23)8(6-3-4-6)9-16-20-21-17-9/h6-8H,1-5H2,(H,16,17,20,21). The first-order valence-corrected chi connectivity index (χ1v) is 7.48. The molecule has 2 unspecified atom stereocenters. The molecule has 0 radical (unpaired) electrons.